The number of aromatic carboxylic acids is 1. The second-order valence-electron chi connectivity index (χ2n) is 4.92. The summed E-state index contributed by atoms with van der Waals surface area (Å²) >= 11 is 0. The van der Waals surface area contributed by atoms with Crippen molar-refractivity contribution in [2.24, 2.45) is 0 Å². The highest BCUT2D eigenvalue weighted by Gasteiger charge is 2.19. The zero-order chi connectivity index (χ0) is 14.1. The summed E-state index contributed by atoms with van der Waals surface area (Å²) in [6.07, 6.45) is 0.992. The number of carboxylic acid groups (broad SMARTS) is 1. The van der Waals surface area contributed by atoms with E-state index < -0.39 is 11.8 Å². The lowest BCUT2D eigenvalue weighted by Crippen LogP contribution is -2.19. The molecule has 3 rings (SSSR count). The lowest BCUT2D eigenvalue weighted by molar-refractivity contribution is 0.0692. The first-order valence-corrected chi connectivity index (χ1v) is 6.50. The van der Waals surface area contributed by atoms with Gasteiger partial charge in [0.15, 0.2) is 0 Å². The van der Waals surface area contributed by atoms with E-state index in [-0.39, 0.29) is 5.56 Å². The fourth-order valence-electron chi connectivity index (χ4n) is 2.62. The van der Waals surface area contributed by atoms with Crippen LogP contribution in [0.4, 0.5) is 10.1 Å². The van der Waals surface area contributed by atoms with Crippen LogP contribution < -0.4 is 4.90 Å². The molecule has 0 aromatic heterocycles. The van der Waals surface area contributed by atoms with Crippen molar-refractivity contribution in [3.05, 3.63) is 65.0 Å². The highest BCUT2D eigenvalue weighted by Crippen LogP contribution is 2.29. The van der Waals surface area contributed by atoms with Crippen LogP contribution in [-0.4, -0.2) is 17.6 Å². The number of nitrogens with zero attached hydrogens (tertiary/aromatic N) is 1. The number of carbonyl (C=O) groups is 1. The van der Waals surface area contributed by atoms with Gasteiger partial charge in [-0.3, -0.25) is 0 Å². The van der Waals surface area contributed by atoms with Crippen LogP contribution in [0.25, 0.3) is 0 Å². The largest absolute Gasteiger partial charge is 0.478 e. The lowest BCUT2D eigenvalue weighted by Gasteiger charge is -2.19. The summed E-state index contributed by atoms with van der Waals surface area (Å²) in [5.41, 5.74) is 2.98. The summed E-state index contributed by atoms with van der Waals surface area (Å²) in [4.78, 5) is 13.0. The van der Waals surface area contributed by atoms with Crippen LogP contribution in [0, 0.1) is 5.82 Å². The Bertz CT molecular complexity index is 669. The Morgan fingerprint density at radius 3 is 2.80 bits per heavy atom. The molecule has 0 atom stereocenters. The predicted molar refractivity (Wildman–Crippen MR) is 74.6 cm³/mol. The van der Waals surface area contributed by atoms with Crippen molar-refractivity contribution in [3.63, 3.8) is 0 Å². The van der Waals surface area contributed by atoms with Gasteiger partial charge in [-0.15, -0.1) is 0 Å². The Labute approximate surface area is 116 Å². The monoisotopic (exact) mass is 271 g/mol. The van der Waals surface area contributed by atoms with E-state index >= 15 is 0 Å². The van der Waals surface area contributed by atoms with Crippen molar-refractivity contribution in [3.8, 4) is 0 Å². The molecule has 0 bridgehead atoms. The fraction of sp³-hybridized carbons (Fsp3) is 0.188. The molecular weight excluding hydrogens is 257 g/mol. The highest BCUT2D eigenvalue weighted by molar-refractivity contribution is 5.87. The first-order chi connectivity index (χ1) is 9.65. The molecule has 1 aliphatic rings. The number of benzene rings is 2. The Morgan fingerprint density at radius 1 is 1.25 bits per heavy atom. The van der Waals surface area contributed by atoms with Gasteiger partial charge in [-0.25, -0.2) is 9.18 Å². The molecule has 0 aliphatic carbocycles. The van der Waals surface area contributed by atoms with Crippen molar-refractivity contribution < 1.29 is 14.3 Å². The van der Waals surface area contributed by atoms with Crippen LogP contribution in [0.15, 0.2) is 42.5 Å². The van der Waals surface area contributed by atoms with E-state index in [1.807, 2.05) is 12.1 Å². The van der Waals surface area contributed by atoms with E-state index in [4.69, 9.17) is 5.11 Å². The van der Waals surface area contributed by atoms with Crippen molar-refractivity contribution in [2.75, 3.05) is 11.4 Å². The highest BCUT2D eigenvalue weighted by atomic mass is 19.1. The molecule has 2 aromatic carbocycles. The first-order valence-electron chi connectivity index (χ1n) is 6.50. The van der Waals surface area contributed by atoms with Crippen LogP contribution in [-0.2, 0) is 13.0 Å². The van der Waals surface area contributed by atoms with E-state index in [0.717, 1.165) is 18.5 Å². The molecule has 1 aliphatic heterocycles. The molecule has 4 heteroatoms. The van der Waals surface area contributed by atoms with Crippen LogP contribution in [0.2, 0.25) is 0 Å². The summed E-state index contributed by atoms with van der Waals surface area (Å²) < 4.78 is 13.7. The van der Waals surface area contributed by atoms with Gasteiger partial charge in [-0.1, -0.05) is 24.3 Å². The molecule has 0 saturated heterocycles. The maximum atomic E-state index is 13.7. The smallest absolute Gasteiger partial charge is 0.338 e. The normalized spacial score (nSPS) is 13.3. The maximum absolute atomic E-state index is 13.7. The van der Waals surface area contributed by atoms with Crippen molar-refractivity contribution >= 4 is 11.7 Å². The average molecular weight is 271 g/mol. The van der Waals surface area contributed by atoms with Gasteiger partial charge in [0.2, 0.25) is 0 Å². The van der Waals surface area contributed by atoms with Gasteiger partial charge in [0.05, 0.1) is 5.56 Å². The third-order valence-corrected chi connectivity index (χ3v) is 3.62. The molecule has 102 valence electrons. The predicted octanol–water partition coefficient (Wildman–Crippen LogP) is 3.09. The number of hydrogen-bond donors (Lipinski definition) is 1. The van der Waals surface area contributed by atoms with E-state index in [9.17, 15) is 9.18 Å². The van der Waals surface area contributed by atoms with Crippen LogP contribution in [0.5, 0.6) is 0 Å². The molecule has 0 fully saturated rings. The van der Waals surface area contributed by atoms with Crippen LogP contribution in [0.3, 0.4) is 0 Å². The van der Waals surface area contributed by atoms with Crippen molar-refractivity contribution in [2.45, 2.75) is 13.0 Å². The zero-order valence-electron chi connectivity index (χ0n) is 10.8. The summed E-state index contributed by atoms with van der Waals surface area (Å²) in [6, 6.07) is 12.5. The number of carboxylic acids is 1. The number of halogens is 1. The molecule has 2 aromatic rings. The van der Waals surface area contributed by atoms with Crippen molar-refractivity contribution in [1.82, 2.24) is 0 Å². The molecular formula is C16H14FNO2. The van der Waals surface area contributed by atoms with Crippen LogP contribution >= 0.6 is 0 Å². The van der Waals surface area contributed by atoms with E-state index in [2.05, 4.69) is 17.0 Å². The van der Waals surface area contributed by atoms with Crippen LogP contribution in [0.1, 0.15) is 21.5 Å². The Hall–Kier alpha value is -2.36. The second kappa shape index (κ2) is 4.96. The number of para-hydroxylation sites is 1. The average Bonchev–Trinajstić information content (AvgIpc) is 2.82. The molecule has 0 spiro atoms. The van der Waals surface area contributed by atoms with Gasteiger partial charge < -0.3 is 10.0 Å². The lowest BCUT2D eigenvalue weighted by atomic mass is 10.1. The third kappa shape index (κ3) is 2.25. The zero-order valence-corrected chi connectivity index (χ0v) is 10.8. The molecule has 3 nitrogen and oxygen atoms in total. The topological polar surface area (TPSA) is 40.5 Å². The number of rotatable bonds is 3. The van der Waals surface area contributed by atoms with E-state index in [0.29, 0.717) is 6.54 Å². The molecule has 0 radical (unpaired) electrons. The van der Waals surface area contributed by atoms with Gasteiger partial charge in [-0.05, 0) is 35.7 Å². The van der Waals surface area contributed by atoms with E-state index in [1.54, 1.807) is 6.07 Å². The second-order valence-corrected chi connectivity index (χ2v) is 4.92. The number of fused-ring (bicyclic) bond motifs is 1. The first kappa shape index (κ1) is 12.7. The quantitative estimate of drug-likeness (QED) is 0.932. The Morgan fingerprint density at radius 2 is 2.05 bits per heavy atom. The maximum Gasteiger partial charge on any atom is 0.338 e. The van der Waals surface area contributed by atoms with Gasteiger partial charge in [0, 0.05) is 18.8 Å². The minimum Gasteiger partial charge on any atom is -0.478 e. The molecule has 20 heavy (non-hydrogen) atoms. The fourth-order valence-corrected chi connectivity index (χ4v) is 2.62. The van der Waals surface area contributed by atoms with Gasteiger partial charge in [0.1, 0.15) is 5.82 Å². The summed E-state index contributed by atoms with van der Waals surface area (Å²) in [5.74, 6) is -1.91. The Kier molecular flexibility index (Phi) is 3.14. The minimum atomic E-state index is -1.24. The molecule has 0 unspecified atom stereocenters. The van der Waals surface area contributed by atoms with Gasteiger partial charge in [-0.2, -0.15) is 0 Å². The molecule has 1 heterocycles. The van der Waals surface area contributed by atoms with Gasteiger partial charge in [0.25, 0.3) is 0 Å². The Balaban J connectivity index is 1.83. The third-order valence-electron chi connectivity index (χ3n) is 3.62. The van der Waals surface area contributed by atoms with E-state index in [1.165, 1.54) is 23.4 Å². The van der Waals surface area contributed by atoms with Gasteiger partial charge >= 0.3 is 5.97 Å². The standard InChI is InChI=1S/C16H14FNO2/c17-14-9-11(5-6-13(14)16(19)20)10-18-8-7-12-3-1-2-4-15(12)18/h1-6,9H,7-8,10H2,(H,19,20). The SMILES string of the molecule is O=C(O)c1ccc(CN2CCc3ccccc32)cc1F. The molecule has 1 N–H and O–H groups in total. The summed E-state index contributed by atoms with van der Waals surface area (Å²) in [6.45, 7) is 1.50. The number of hydrogen-bond acceptors (Lipinski definition) is 2. The molecule has 0 amide bonds. The number of anilines is 1. The summed E-state index contributed by atoms with van der Waals surface area (Å²) in [5, 5.41) is 8.82. The van der Waals surface area contributed by atoms with Crippen molar-refractivity contribution in [1.29, 1.82) is 0 Å². The molecule has 0 saturated carbocycles. The minimum absolute atomic E-state index is 0.282. The summed E-state index contributed by atoms with van der Waals surface area (Å²) in [7, 11) is 0.